The van der Waals surface area contributed by atoms with Crippen LogP contribution < -0.4 is 11.1 Å². The van der Waals surface area contributed by atoms with Crippen molar-refractivity contribution in [1.29, 1.82) is 0 Å². The molecule has 21 heavy (non-hydrogen) atoms. The van der Waals surface area contributed by atoms with Gasteiger partial charge in [-0.2, -0.15) is 0 Å². The third kappa shape index (κ3) is 4.14. The molecule has 0 bridgehead atoms. The molecule has 0 saturated heterocycles. The zero-order chi connectivity index (χ0) is 15.1. The van der Waals surface area contributed by atoms with Crippen molar-refractivity contribution in [2.24, 2.45) is 10.9 Å². The topological polar surface area (TPSA) is 87.7 Å². The van der Waals surface area contributed by atoms with Gasteiger partial charge < -0.3 is 16.3 Å². The van der Waals surface area contributed by atoms with E-state index in [2.05, 4.69) is 10.5 Å². The fraction of sp³-hybridized carbons (Fsp3) is 0.467. The first-order valence-electron chi connectivity index (χ1n) is 7.13. The van der Waals surface area contributed by atoms with E-state index in [1.807, 2.05) is 30.3 Å². The molecule has 2 rings (SSSR count). The van der Waals surface area contributed by atoms with E-state index in [1.165, 1.54) is 11.8 Å². The summed E-state index contributed by atoms with van der Waals surface area (Å²) in [6.45, 7) is 0. The summed E-state index contributed by atoms with van der Waals surface area (Å²) in [6, 6.07) is 9.77. The van der Waals surface area contributed by atoms with Gasteiger partial charge in [0.2, 0.25) is 5.91 Å². The van der Waals surface area contributed by atoms with Crippen LogP contribution in [0.25, 0.3) is 0 Å². The molecule has 1 aromatic rings. The zero-order valence-corrected chi connectivity index (χ0v) is 12.7. The van der Waals surface area contributed by atoms with Gasteiger partial charge in [0, 0.05) is 4.90 Å². The van der Waals surface area contributed by atoms with Gasteiger partial charge in [-0.1, -0.05) is 42.6 Å². The maximum Gasteiger partial charge on any atom is 0.231 e. The molecular formula is C15H21N3O2S. The number of carbonyl (C=O) groups excluding carboxylic acids is 1. The number of rotatable bonds is 5. The monoisotopic (exact) mass is 307 g/mol. The van der Waals surface area contributed by atoms with Crippen molar-refractivity contribution in [2.45, 2.75) is 42.5 Å². The summed E-state index contributed by atoms with van der Waals surface area (Å²) in [7, 11) is 0. The Morgan fingerprint density at radius 1 is 1.29 bits per heavy atom. The molecule has 1 amide bonds. The second kappa shape index (κ2) is 7.36. The van der Waals surface area contributed by atoms with E-state index in [-0.39, 0.29) is 11.7 Å². The Labute approximate surface area is 129 Å². The van der Waals surface area contributed by atoms with E-state index in [0.29, 0.717) is 5.75 Å². The second-order valence-corrected chi connectivity index (χ2v) is 6.33. The van der Waals surface area contributed by atoms with Crippen LogP contribution in [0.1, 0.15) is 32.1 Å². The van der Waals surface area contributed by atoms with Gasteiger partial charge in [0.1, 0.15) is 5.54 Å². The predicted octanol–water partition coefficient (Wildman–Crippen LogP) is 2.34. The molecule has 5 nitrogen and oxygen atoms in total. The average Bonchev–Trinajstić information content (AvgIpc) is 2.54. The molecule has 0 atom stereocenters. The smallest absolute Gasteiger partial charge is 0.231 e. The number of oxime groups is 1. The highest BCUT2D eigenvalue weighted by atomic mass is 32.2. The summed E-state index contributed by atoms with van der Waals surface area (Å²) >= 11 is 1.48. The molecule has 1 saturated carbocycles. The average molecular weight is 307 g/mol. The summed E-state index contributed by atoms with van der Waals surface area (Å²) < 4.78 is 0. The Morgan fingerprint density at radius 2 is 1.95 bits per heavy atom. The lowest BCUT2D eigenvalue weighted by Crippen LogP contribution is -2.58. The summed E-state index contributed by atoms with van der Waals surface area (Å²) in [5.41, 5.74) is 5.14. The number of nitrogens with zero attached hydrogens (tertiary/aromatic N) is 1. The largest absolute Gasteiger partial charge is 0.409 e. The van der Waals surface area contributed by atoms with Gasteiger partial charge in [-0.25, -0.2) is 0 Å². The van der Waals surface area contributed by atoms with Crippen molar-refractivity contribution < 1.29 is 10.0 Å². The number of nitrogens with one attached hydrogen (secondary N) is 1. The van der Waals surface area contributed by atoms with E-state index in [9.17, 15) is 4.79 Å². The van der Waals surface area contributed by atoms with Crippen molar-refractivity contribution in [3.63, 3.8) is 0 Å². The van der Waals surface area contributed by atoms with Crippen molar-refractivity contribution >= 4 is 23.5 Å². The summed E-state index contributed by atoms with van der Waals surface area (Å²) in [6.07, 6.45) is 4.52. The van der Waals surface area contributed by atoms with E-state index in [0.717, 1.165) is 37.0 Å². The SMILES string of the molecule is NC(=NO)C1(NC(=O)CSc2ccccc2)CCCCC1. The lowest BCUT2D eigenvalue weighted by atomic mass is 9.80. The third-order valence-corrected chi connectivity index (χ3v) is 4.81. The first-order valence-corrected chi connectivity index (χ1v) is 8.12. The van der Waals surface area contributed by atoms with Crippen molar-refractivity contribution in [1.82, 2.24) is 5.32 Å². The molecule has 0 aromatic heterocycles. The molecule has 0 heterocycles. The van der Waals surface area contributed by atoms with Crippen LogP contribution in [0.3, 0.4) is 0 Å². The maximum atomic E-state index is 12.2. The number of carbonyl (C=O) groups is 1. The highest BCUT2D eigenvalue weighted by Gasteiger charge is 2.37. The van der Waals surface area contributed by atoms with Crippen LogP contribution in [0.2, 0.25) is 0 Å². The van der Waals surface area contributed by atoms with Crippen LogP contribution >= 0.6 is 11.8 Å². The van der Waals surface area contributed by atoms with Gasteiger partial charge in [-0.3, -0.25) is 4.79 Å². The van der Waals surface area contributed by atoms with Crippen LogP contribution in [-0.2, 0) is 4.79 Å². The molecule has 1 aliphatic carbocycles. The summed E-state index contributed by atoms with van der Waals surface area (Å²) in [4.78, 5) is 13.2. The molecule has 6 heteroatoms. The minimum atomic E-state index is -0.679. The molecule has 1 aromatic carbocycles. The highest BCUT2D eigenvalue weighted by molar-refractivity contribution is 8.00. The van der Waals surface area contributed by atoms with E-state index in [4.69, 9.17) is 10.9 Å². The Hall–Kier alpha value is -1.69. The van der Waals surface area contributed by atoms with E-state index in [1.54, 1.807) is 0 Å². The third-order valence-electron chi connectivity index (χ3n) is 3.80. The number of benzene rings is 1. The fourth-order valence-corrected chi connectivity index (χ4v) is 3.38. The molecule has 4 N–H and O–H groups in total. The van der Waals surface area contributed by atoms with Gasteiger partial charge in [0.15, 0.2) is 5.84 Å². The van der Waals surface area contributed by atoms with Gasteiger partial charge in [0.25, 0.3) is 0 Å². The van der Waals surface area contributed by atoms with Gasteiger partial charge >= 0.3 is 0 Å². The molecule has 114 valence electrons. The zero-order valence-electron chi connectivity index (χ0n) is 11.9. The van der Waals surface area contributed by atoms with Gasteiger partial charge in [0.05, 0.1) is 5.75 Å². The Kier molecular flexibility index (Phi) is 5.50. The van der Waals surface area contributed by atoms with E-state index >= 15 is 0 Å². The van der Waals surface area contributed by atoms with Gasteiger partial charge in [-0.05, 0) is 25.0 Å². The molecule has 1 aliphatic rings. The minimum absolute atomic E-state index is 0.0858. The maximum absolute atomic E-state index is 12.2. The first kappa shape index (κ1) is 15.7. The van der Waals surface area contributed by atoms with Crippen molar-refractivity contribution in [3.8, 4) is 0 Å². The number of amidine groups is 1. The van der Waals surface area contributed by atoms with Crippen LogP contribution in [0.4, 0.5) is 0 Å². The number of amides is 1. The normalized spacial score (nSPS) is 18.2. The number of hydrogen-bond acceptors (Lipinski definition) is 4. The fourth-order valence-electron chi connectivity index (χ4n) is 2.66. The molecule has 0 unspecified atom stereocenters. The molecule has 1 fully saturated rings. The van der Waals surface area contributed by atoms with Crippen molar-refractivity contribution in [2.75, 3.05) is 5.75 Å². The standard InChI is InChI=1S/C15H21N3O2S/c16-14(18-20)15(9-5-2-6-10-15)17-13(19)11-21-12-7-3-1-4-8-12/h1,3-4,7-8,20H,2,5-6,9-11H2,(H2,16,18)(H,17,19). The summed E-state index contributed by atoms with van der Waals surface area (Å²) in [5.74, 6) is 0.349. The predicted molar refractivity (Wildman–Crippen MR) is 84.5 cm³/mol. The number of nitrogens with two attached hydrogens (primary N) is 1. The quantitative estimate of drug-likeness (QED) is 0.256. The number of thioether (sulfide) groups is 1. The number of hydrogen-bond donors (Lipinski definition) is 3. The molecule has 0 radical (unpaired) electrons. The van der Waals surface area contributed by atoms with E-state index < -0.39 is 5.54 Å². The first-order chi connectivity index (χ1) is 10.2. The van der Waals surface area contributed by atoms with Crippen LogP contribution in [-0.4, -0.2) is 28.2 Å². The Bertz CT molecular complexity index is 499. The molecule has 0 spiro atoms. The van der Waals surface area contributed by atoms with Crippen LogP contribution in [0, 0.1) is 0 Å². The second-order valence-electron chi connectivity index (χ2n) is 5.28. The lowest BCUT2D eigenvalue weighted by molar-refractivity contribution is -0.120. The Morgan fingerprint density at radius 3 is 2.57 bits per heavy atom. The Balaban J connectivity index is 1.95. The van der Waals surface area contributed by atoms with Gasteiger partial charge in [-0.15, -0.1) is 11.8 Å². The molecular weight excluding hydrogens is 286 g/mol. The van der Waals surface area contributed by atoms with Crippen LogP contribution in [0.15, 0.2) is 40.4 Å². The van der Waals surface area contributed by atoms with Crippen LogP contribution in [0.5, 0.6) is 0 Å². The summed E-state index contributed by atoms with van der Waals surface area (Å²) in [5, 5.41) is 15.1. The minimum Gasteiger partial charge on any atom is -0.409 e. The lowest BCUT2D eigenvalue weighted by Gasteiger charge is -2.36. The highest BCUT2D eigenvalue weighted by Crippen LogP contribution is 2.29. The molecule has 0 aliphatic heterocycles. The van der Waals surface area contributed by atoms with Crippen molar-refractivity contribution in [3.05, 3.63) is 30.3 Å².